The highest BCUT2D eigenvalue weighted by Crippen LogP contribution is 2.40. The number of fused-ring (bicyclic) bond motifs is 1. The van der Waals surface area contributed by atoms with Crippen LogP contribution in [0.5, 0.6) is 5.75 Å². The van der Waals surface area contributed by atoms with Crippen LogP contribution >= 0.6 is 0 Å². The second-order valence-electron chi connectivity index (χ2n) is 9.39. The van der Waals surface area contributed by atoms with Crippen molar-refractivity contribution >= 4 is 34.7 Å². The van der Waals surface area contributed by atoms with Crippen LogP contribution < -0.4 is 9.64 Å². The maximum atomic E-state index is 13.8. The molecule has 0 spiro atoms. The van der Waals surface area contributed by atoms with Gasteiger partial charge in [-0.2, -0.15) is 13.2 Å². The molecule has 198 valence electrons. The van der Waals surface area contributed by atoms with E-state index in [1.807, 2.05) is 35.0 Å². The lowest BCUT2D eigenvalue weighted by atomic mass is 9.96. The van der Waals surface area contributed by atoms with Crippen LogP contribution in [-0.2, 0) is 20.9 Å². The number of carbonyl (C=O) groups is 2. The molecule has 0 saturated heterocycles. The van der Waals surface area contributed by atoms with E-state index in [9.17, 15) is 22.8 Å². The average molecular weight is 526 g/mol. The van der Waals surface area contributed by atoms with Crippen LogP contribution in [0, 0.1) is 11.8 Å². The van der Waals surface area contributed by atoms with Crippen molar-refractivity contribution < 1.29 is 32.2 Å². The summed E-state index contributed by atoms with van der Waals surface area (Å²) in [7, 11) is 2.75. The summed E-state index contributed by atoms with van der Waals surface area (Å²) in [5, 5.41) is 0.633. The van der Waals surface area contributed by atoms with Crippen LogP contribution in [0.1, 0.15) is 18.4 Å². The summed E-state index contributed by atoms with van der Waals surface area (Å²) in [6.07, 6.45) is 0.114. The second kappa shape index (κ2) is 10.00. The van der Waals surface area contributed by atoms with Crippen LogP contribution in [0.4, 0.5) is 18.9 Å². The number of aromatic nitrogens is 1. The Kier molecular flexibility index (Phi) is 6.73. The van der Waals surface area contributed by atoms with Gasteiger partial charge in [0.2, 0.25) is 0 Å². The predicted octanol–water partition coefficient (Wildman–Crippen LogP) is 5.13. The fourth-order valence-corrected chi connectivity index (χ4v) is 4.77. The third kappa shape index (κ3) is 5.03. The van der Waals surface area contributed by atoms with Gasteiger partial charge in [0.15, 0.2) is 0 Å². The summed E-state index contributed by atoms with van der Waals surface area (Å²) in [4.78, 5) is 30.2. The van der Waals surface area contributed by atoms with E-state index in [0.717, 1.165) is 42.4 Å². The van der Waals surface area contributed by atoms with Crippen molar-refractivity contribution in [2.75, 3.05) is 19.1 Å². The first-order chi connectivity index (χ1) is 18.2. The maximum Gasteiger partial charge on any atom is 0.471 e. The summed E-state index contributed by atoms with van der Waals surface area (Å²) in [6, 6.07) is 13.9. The molecule has 0 radical (unpaired) electrons. The highest BCUT2D eigenvalue weighted by atomic mass is 19.4. The Morgan fingerprint density at radius 1 is 1.11 bits per heavy atom. The van der Waals surface area contributed by atoms with Gasteiger partial charge in [-0.1, -0.05) is 18.2 Å². The number of rotatable bonds is 7. The molecule has 10 heteroatoms. The number of hydrogen-bond donors (Lipinski definition) is 0. The highest BCUT2D eigenvalue weighted by molar-refractivity contribution is 6.01. The van der Waals surface area contributed by atoms with Crippen LogP contribution in [0.15, 0.2) is 71.4 Å². The van der Waals surface area contributed by atoms with Crippen LogP contribution in [0.3, 0.4) is 0 Å². The Hall–Kier alpha value is -4.08. The number of halogens is 3. The van der Waals surface area contributed by atoms with E-state index in [4.69, 9.17) is 9.47 Å². The molecule has 1 fully saturated rings. The van der Waals surface area contributed by atoms with Crippen molar-refractivity contribution in [3.05, 3.63) is 71.9 Å². The molecule has 2 aromatic carbocycles. The Bertz CT molecular complexity index is 1440. The third-order valence-corrected chi connectivity index (χ3v) is 6.84. The van der Waals surface area contributed by atoms with E-state index in [2.05, 4.69) is 4.99 Å². The van der Waals surface area contributed by atoms with E-state index in [-0.39, 0.29) is 11.6 Å². The molecule has 0 N–H and O–H groups in total. The first-order valence-corrected chi connectivity index (χ1v) is 12.1. The molecule has 3 aromatic rings. The number of anilines is 1. The average Bonchev–Trinajstić information content (AvgIpc) is 3.69. The normalized spacial score (nSPS) is 19.2. The van der Waals surface area contributed by atoms with Gasteiger partial charge in [0, 0.05) is 35.5 Å². The predicted molar refractivity (Wildman–Crippen MR) is 136 cm³/mol. The van der Waals surface area contributed by atoms with Crippen molar-refractivity contribution in [1.82, 2.24) is 4.57 Å². The zero-order chi connectivity index (χ0) is 27.0. The van der Waals surface area contributed by atoms with E-state index in [1.54, 1.807) is 25.3 Å². The summed E-state index contributed by atoms with van der Waals surface area (Å²) >= 11 is 0. The number of nitrogens with zero attached hydrogens (tertiary/aromatic N) is 3. The van der Waals surface area contributed by atoms with E-state index >= 15 is 0 Å². The number of hydrogen-bond acceptors (Lipinski definition) is 5. The number of allylic oxidation sites excluding steroid dienone is 1. The van der Waals surface area contributed by atoms with E-state index in [0.29, 0.717) is 16.8 Å². The molecule has 2 heterocycles. The highest BCUT2D eigenvalue weighted by Gasteiger charge is 2.49. The smallest absolute Gasteiger partial charge is 0.471 e. The molecule has 38 heavy (non-hydrogen) atoms. The van der Waals surface area contributed by atoms with Gasteiger partial charge in [-0.15, -0.1) is 0 Å². The molecular weight excluding hydrogens is 499 g/mol. The number of ether oxygens (including phenoxy) is 2. The standard InChI is InChI=1S/C28H26F3N3O4/c1-37-22-5-3-4-17(12-22)16-33-11-10-19-13-21(8-9-24(19)33)34(27(36)28(29,30)31)25-23(26(35)38-2)14-20(15-32-25)18-6-7-18/h3-5,8-15,18,23,25H,6-7,16H2,1-2H3. The maximum absolute atomic E-state index is 13.8. The molecule has 0 bridgehead atoms. The van der Waals surface area contributed by atoms with Crippen molar-refractivity contribution in [1.29, 1.82) is 0 Å². The zero-order valence-corrected chi connectivity index (χ0v) is 20.8. The Balaban J connectivity index is 1.52. The molecule has 1 saturated carbocycles. The van der Waals surface area contributed by atoms with Gasteiger partial charge < -0.3 is 14.0 Å². The van der Waals surface area contributed by atoms with Crippen LogP contribution in [-0.4, -0.2) is 49.2 Å². The van der Waals surface area contributed by atoms with Gasteiger partial charge in [-0.05, 0) is 66.3 Å². The summed E-state index contributed by atoms with van der Waals surface area (Å²) in [5.41, 5.74) is 2.51. The van der Waals surface area contributed by atoms with E-state index < -0.39 is 30.1 Å². The van der Waals surface area contributed by atoms with Gasteiger partial charge in [0.1, 0.15) is 17.8 Å². The van der Waals surface area contributed by atoms with Crippen molar-refractivity contribution in [2.24, 2.45) is 16.8 Å². The van der Waals surface area contributed by atoms with Crippen molar-refractivity contribution in [3.63, 3.8) is 0 Å². The number of methoxy groups -OCH3 is 2. The third-order valence-electron chi connectivity index (χ3n) is 6.84. The zero-order valence-electron chi connectivity index (χ0n) is 20.8. The molecule has 2 unspecified atom stereocenters. The second-order valence-corrected chi connectivity index (χ2v) is 9.39. The molecule has 1 aliphatic carbocycles. The van der Waals surface area contributed by atoms with Gasteiger partial charge in [0.25, 0.3) is 0 Å². The molecular formula is C28H26F3N3O4. The van der Waals surface area contributed by atoms with Crippen molar-refractivity contribution in [2.45, 2.75) is 31.7 Å². The SMILES string of the molecule is COC(=O)C1C=C(C2CC2)C=NC1N(C(=O)C(F)(F)F)c1ccc2c(ccn2Cc2cccc(OC)c2)c1. The largest absolute Gasteiger partial charge is 0.497 e. The number of benzene rings is 2. The van der Waals surface area contributed by atoms with Gasteiger partial charge in [0.05, 0.1) is 14.2 Å². The van der Waals surface area contributed by atoms with Crippen LogP contribution in [0.2, 0.25) is 0 Å². The lowest BCUT2D eigenvalue weighted by Crippen LogP contribution is -2.51. The quantitative estimate of drug-likeness (QED) is 0.401. The number of aliphatic imine (C=N–C) groups is 1. The Morgan fingerprint density at radius 2 is 1.89 bits per heavy atom. The summed E-state index contributed by atoms with van der Waals surface area (Å²) in [6.45, 7) is 0.511. The Labute approximate surface area is 217 Å². The first-order valence-electron chi connectivity index (χ1n) is 12.1. The van der Waals surface area contributed by atoms with Crippen molar-refractivity contribution in [3.8, 4) is 5.75 Å². The lowest BCUT2D eigenvalue weighted by Gasteiger charge is -2.34. The molecule has 5 rings (SSSR count). The number of amides is 1. The lowest BCUT2D eigenvalue weighted by molar-refractivity contribution is -0.171. The Morgan fingerprint density at radius 3 is 2.58 bits per heavy atom. The molecule has 1 aliphatic heterocycles. The van der Waals surface area contributed by atoms with E-state index in [1.165, 1.54) is 18.3 Å². The number of alkyl halides is 3. The van der Waals surface area contributed by atoms with Gasteiger partial charge in [-0.25, -0.2) is 0 Å². The minimum absolute atomic E-state index is 0.0155. The number of carbonyl (C=O) groups excluding carboxylic acids is 2. The minimum Gasteiger partial charge on any atom is -0.497 e. The first kappa shape index (κ1) is 25.6. The van der Waals surface area contributed by atoms with Gasteiger partial charge in [-0.3, -0.25) is 19.5 Å². The summed E-state index contributed by atoms with van der Waals surface area (Å²) < 4.78 is 53.5. The molecule has 1 amide bonds. The molecule has 7 nitrogen and oxygen atoms in total. The molecule has 2 aliphatic rings. The number of dihydropyridines is 1. The topological polar surface area (TPSA) is 73.1 Å². The molecule has 1 aromatic heterocycles. The monoisotopic (exact) mass is 525 g/mol. The fraction of sp³-hybridized carbons (Fsp3) is 0.321. The summed E-state index contributed by atoms with van der Waals surface area (Å²) in [5.74, 6) is -3.09. The molecule has 2 atom stereocenters. The van der Waals surface area contributed by atoms with Gasteiger partial charge >= 0.3 is 18.1 Å². The van der Waals surface area contributed by atoms with Crippen LogP contribution in [0.25, 0.3) is 10.9 Å². The minimum atomic E-state index is -5.18. The number of esters is 1. The fourth-order valence-electron chi connectivity index (χ4n) is 4.77.